The molecule has 0 spiro atoms. The van der Waals surface area contributed by atoms with Crippen LogP contribution in [0.3, 0.4) is 0 Å². The first-order valence-electron chi connectivity index (χ1n) is 5.62. The molecule has 1 N–H and O–H groups in total. The van der Waals surface area contributed by atoms with Gasteiger partial charge in [-0.15, -0.1) is 0 Å². The zero-order valence-electron chi connectivity index (χ0n) is 9.18. The lowest BCUT2D eigenvalue weighted by Gasteiger charge is -2.04. The molecule has 0 radical (unpaired) electrons. The predicted molar refractivity (Wildman–Crippen MR) is 68.3 cm³/mol. The van der Waals surface area contributed by atoms with Gasteiger partial charge in [0.15, 0.2) is 0 Å². The van der Waals surface area contributed by atoms with Gasteiger partial charge in [0, 0.05) is 12.0 Å². The first-order chi connectivity index (χ1) is 8.33. The summed E-state index contributed by atoms with van der Waals surface area (Å²) in [6, 6.07) is 11.0. The lowest BCUT2D eigenvalue weighted by molar-refractivity contribution is 1.02. The Labute approximate surface area is 105 Å². The van der Waals surface area contributed by atoms with Crippen molar-refractivity contribution in [1.82, 2.24) is 9.97 Å². The molecular formula is C13H12ClN3. The van der Waals surface area contributed by atoms with E-state index in [-0.39, 0.29) is 0 Å². The van der Waals surface area contributed by atoms with Crippen LogP contribution in [-0.4, -0.2) is 16.0 Å². The van der Waals surface area contributed by atoms with Gasteiger partial charge in [-0.25, -0.2) is 4.98 Å². The number of nitrogens with zero attached hydrogens (tertiary/aromatic N) is 2. The van der Waals surface area contributed by atoms with Crippen LogP contribution in [0.1, 0.15) is 17.9 Å². The third kappa shape index (κ3) is 2.39. The number of hydrogen-bond acceptors (Lipinski definition) is 3. The van der Waals surface area contributed by atoms with Gasteiger partial charge in [0.1, 0.15) is 11.0 Å². The minimum atomic E-state index is 0.423. The smallest absolute Gasteiger partial charge is 0.149 e. The van der Waals surface area contributed by atoms with Crippen molar-refractivity contribution in [3.63, 3.8) is 0 Å². The molecule has 0 bridgehead atoms. The molecule has 2 aromatic rings. The Bertz CT molecular complexity index is 515. The zero-order valence-corrected chi connectivity index (χ0v) is 9.93. The Hall–Kier alpha value is -1.61. The molecule has 1 aromatic heterocycles. The highest BCUT2D eigenvalue weighted by Crippen LogP contribution is 2.42. The van der Waals surface area contributed by atoms with Crippen molar-refractivity contribution in [2.75, 3.05) is 5.32 Å². The second kappa shape index (κ2) is 4.34. The Morgan fingerprint density at radius 1 is 1.18 bits per heavy atom. The van der Waals surface area contributed by atoms with Gasteiger partial charge >= 0.3 is 0 Å². The lowest BCUT2D eigenvalue weighted by atomic mass is 10.1. The van der Waals surface area contributed by atoms with Crippen LogP contribution in [0.15, 0.2) is 42.7 Å². The van der Waals surface area contributed by atoms with Gasteiger partial charge in [-0.2, -0.15) is 0 Å². The van der Waals surface area contributed by atoms with Crippen LogP contribution in [0, 0.1) is 0 Å². The van der Waals surface area contributed by atoms with E-state index in [9.17, 15) is 0 Å². The summed E-state index contributed by atoms with van der Waals surface area (Å²) in [5.41, 5.74) is 1.37. The van der Waals surface area contributed by atoms with Crippen molar-refractivity contribution in [3.8, 4) is 0 Å². The molecule has 3 rings (SSSR count). The van der Waals surface area contributed by atoms with Crippen LogP contribution in [0.5, 0.6) is 0 Å². The summed E-state index contributed by atoms with van der Waals surface area (Å²) in [5, 5.41) is 3.77. The van der Waals surface area contributed by atoms with E-state index in [0.717, 1.165) is 12.2 Å². The summed E-state index contributed by atoms with van der Waals surface area (Å²) >= 11 is 5.79. The molecule has 1 aliphatic carbocycles. The molecule has 2 unspecified atom stereocenters. The van der Waals surface area contributed by atoms with Crippen molar-refractivity contribution in [2.45, 2.75) is 18.4 Å². The Morgan fingerprint density at radius 2 is 2.00 bits per heavy atom. The standard InChI is InChI=1S/C13H12ClN3/c14-12-7-15-8-13(17-12)16-11-6-10(11)9-4-2-1-3-5-9/h1-5,7-8,10-11H,6H2,(H,16,17). The number of anilines is 1. The molecule has 1 saturated carbocycles. The van der Waals surface area contributed by atoms with E-state index < -0.39 is 0 Å². The normalized spacial score (nSPS) is 22.2. The van der Waals surface area contributed by atoms with Gasteiger partial charge in [-0.3, -0.25) is 4.98 Å². The maximum Gasteiger partial charge on any atom is 0.149 e. The number of benzene rings is 1. The molecule has 1 aromatic carbocycles. The fourth-order valence-corrected chi connectivity index (χ4v) is 2.17. The first-order valence-corrected chi connectivity index (χ1v) is 6.00. The molecule has 3 nitrogen and oxygen atoms in total. The van der Waals surface area contributed by atoms with E-state index in [2.05, 4.69) is 39.6 Å². The van der Waals surface area contributed by atoms with E-state index in [1.165, 1.54) is 11.8 Å². The Kier molecular flexibility index (Phi) is 2.69. The number of rotatable bonds is 3. The van der Waals surface area contributed by atoms with Crippen molar-refractivity contribution < 1.29 is 0 Å². The highest BCUT2D eigenvalue weighted by molar-refractivity contribution is 6.29. The Balaban J connectivity index is 1.66. The molecular weight excluding hydrogens is 234 g/mol. The lowest BCUT2D eigenvalue weighted by Crippen LogP contribution is -2.06. The van der Waals surface area contributed by atoms with E-state index in [0.29, 0.717) is 17.1 Å². The van der Waals surface area contributed by atoms with Crippen molar-refractivity contribution in [2.24, 2.45) is 0 Å². The largest absolute Gasteiger partial charge is 0.365 e. The van der Waals surface area contributed by atoms with Crippen LogP contribution >= 0.6 is 11.6 Å². The van der Waals surface area contributed by atoms with E-state index in [4.69, 9.17) is 11.6 Å². The van der Waals surface area contributed by atoms with Gasteiger partial charge in [0.25, 0.3) is 0 Å². The fourth-order valence-electron chi connectivity index (χ4n) is 2.02. The van der Waals surface area contributed by atoms with Crippen LogP contribution in [-0.2, 0) is 0 Å². The minimum absolute atomic E-state index is 0.423. The topological polar surface area (TPSA) is 37.8 Å². The average Bonchev–Trinajstić information content (AvgIpc) is 3.10. The van der Waals surface area contributed by atoms with Crippen molar-refractivity contribution in [1.29, 1.82) is 0 Å². The SMILES string of the molecule is Clc1cncc(NC2CC2c2ccccc2)n1. The number of halogens is 1. The van der Waals surface area contributed by atoms with Crippen LogP contribution in [0.4, 0.5) is 5.82 Å². The summed E-state index contributed by atoms with van der Waals surface area (Å²) in [5.74, 6) is 1.33. The molecule has 0 saturated heterocycles. The minimum Gasteiger partial charge on any atom is -0.365 e. The molecule has 0 aliphatic heterocycles. The Morgan fingerprint density at radius 3 is 2.76 bits per heavy atom. The van der Waals surface area contributed by atoms with Gasteiger partial charge in [-0.1, -0.05) is 41.9 Å². The highest BCUT2D eigenvalue weighted by atomic mass is 35.5. The molecule has 86 valence electrons. The molecule has 1 heterocycles. The number of hydrogen-bond donors (Lipinski definition) is 1. The number of aromatic nitrogens is 2. The van der Waals surface area contributed by atoms with E-state index >= 15 is 0 Å². The summed E-state index contributed by atoms with van der Waals surface area (Å²) in [7, 11) is 0. The molecule has 17 heavy (non-hydrogen) atoms. The maximum atomic E-state index is 5.79. The van der Waals surface area contributed by atoms with Crippen LogP contribution < -0.4 is 5.32 Å². The number of nitrogens with one attached hydrogen (secondary N) is 1. The van der Waals surface area contributed by atoms with Crippen LogP contribution in [0.25, 0.3) is 0 Å². The van der Waals surface area contributed by atoms with Gasteiger partial charge in [-0.05, 0) is 12.0 Å². The van der Waals surface area contributed by atoms with Gasteiger partial charge < -0.3 is 5.32 Å². The van der Waals surface area contributed by atoms with Crippen LogP contribution in [0.2, 0.25) is 5.15 Å². The van der Waals surface area contributed by atoms with Crippen molar-refractivity contribution >= 4 is 17.4 Å². The molecule has 1 aliphatic rings. The monoisotopic (exact) mass is 245 g/mol. The summed E-state index contributed by atoms with van der Waals surface area (Å²) in [6.45, 7) is 0. The molecule has 1 fully saturated rings. The van der Waals surface area contributed by atoms with Gasteiger partial charge in [0.05, 0.1) is 12.4 Å². The quantitative estimate of drug-likeness (QED) is 0.903. The van der Waals surface area contributed by atoms with E-state index in [1.54, 1.807) is 6.20 Å². The summed E-state index contributed by atoms with van der Waals surface area (Å²) < 4.78 is 0. The molecule has 4 heteroatoms. The average molecular weight is 246 g/mol. The first kappa shape index (κ1) is 10.5. The maximum absolute atomic E-state index is 5.79. The van der Waals surface area contributed by atoms with E-state index in [1.807, 2.05) is 6.07 Å². The molecule has 0 amide bonds. The van der Waals surface area contributed by atoms with Crippen molar-refractivity contribution in [3.05, 3.63) is 53.4 Å². The fraction of sp³-hybridized carbons (Fsp3) is 0.231. The second-order valence-electron chi connectivity index (χ2n) is 4.23. The van der Waals surface area contributed by atoms with Gasteiger partial charge in [0.2, 0.25) is 0 Å². The predicted octanol–water partition coefficient (Wildman–Crippen LogP) is 3.10. The second-order valence-corrected chi connectivity index (χ2v) is 4.62. The summed E-state index contributed by atoms with van der Waals surface area (Å²) in [4.78, 5) is 8.18. The zero-order chi connectivity index (χ0) is 11.7. The molecule has 2 atom stereocenters. The third-order valence-corrected chi connectivity index (χ3v) is 3.14. The summed E-state index contributed by atoms with van der Waals surface area (Å²) in [6.07, 6.45) is 4.37. The third-order valence-electron chi connectivity index (χ3n) is 2.96. The highest BCUT2D eigenvalue weighted by Gasteiger charge is 2.38.